The van der Waals surface area contributed by atoms with Gasteiger partial charge in [-0.25, -0.2) is 4.98 Å². The molecule has 0 atom stereocenters. The Labute approximate surface area is 169 Å². The van der Waals surface area contributed by atoms with Gasteiger partial charge in [0.05, 0.1) is 24.4 Å². The summed E-state index contributed by atoms with van der Waals surface area (Å²) >= 11 is 1.33. The summed E-state index contributed by atoms with van der Waals surface area (Å²) in [5.74, 6) is 0.457. The standard InChI is InChI=1S/C20H27N3O4S/c1-6-7-10-27-15-9-8-14(11-16(15)26-5)18(24)22-23-19(25)17-13(4)21-20(28-17)12(2)3/h8-9,11-12H,6-7,10H2,1-5H3,(H,22,24)(H,23,25). The SMILES string of the molecule is CCCCOc1ccc(C(=O)NNC(=O)c2sc(C(C)C)nc2C)cc1OC. The van der Waals surface area contributed by atoms with Crippen LogP contribution in [0.15, 0.2) is 18.2 Å². The van der Waals surface area contributed by atoms with Crippen LogP contribution in [0.2, 0.25) is 0 Å². The highest BCUT2D eigenvalue weighted by Crippen LogP contribution is 2.28. The van der Waals surface area contributed by atoms with Crippen LogP contribution >= 0.6 is 11.3 Å². The monoisotopic (exact) mass is 405 g/mol. The number of hydrogen-bond acceptors (Lipinski definition) is 6. The predicted molar refractivity (Wildman–Crippen MR) is 109 cm³/mol. The molecule has 0 fully saturated rings. The van der Waals surface area contributed by atoms with E-state index in [9.17, 15) is 9.59 Å². The van der Waals surface area contributed by atoms with E-state index in [1.807, 2.05) is 13.8 Å². The summed E-state index contributed by atoms with van der Waals surface area (Å²) in [6.45, 7) is 8.48. The molecule has 0 aliphatic heterocycles. The van der Waals surface area contributed by atoms with Gasteiger partial charge in [0, 0.05) is 11.5 Å². The van der Waals surface area contributed by atoms with Crippen molar-refractivity contribution in [1.29, 1.82) is 0 Å². The van der Waals surface area contributed by atoms with Crippen molar-refractivity contribution in [2.45, 2.75) is 46.5 Å². The fraction of sp³-hybridized carbons (Fsp3) is 0.450. The fourth-order valence-corrected chi connectivity index (χ4v) is 3.34. The number of thiazole rings is 1. The average Bonchev–Trinajstić information content (AvgIpc) is 3.08. The summed E-state index contributed by atoms with van der Waals surface area (Å²) in [5, 5.41) is 0.886. The van der Waals surface area contributed by atoms with E-state index in [1.54, 1.807) is 25.1 Å². The zero-order chi connectivity index (χ0) is 20.7. The van der Waals surface area contributed by atoms with Crippen LogP contribution in [0.3, 0.4) is 0 Å². The maximum atomic E-state index is 12.4. The maximum Gasteiger partial charge on any atom is 0.281 e. The van der Waals surface area contributed by atoms with Crippen LogP contribution in [0, 0.1) is 6.92 Å². The number of aromatic nitrogens is 1. The highest BCUT2D eigenvalue weighted by Gasteiger charge is 2.18. The molecule has 1 aromatic heterocycles. The Bertz CT molecular complexity index is 833. The van der Waals surface area contributed by atoms with Gasteiger partial charge in [0.25, 0.3) is 11.8 Å². The van der Waals surface area contributed by atoms with Crippen LogP contribution in [0.5, 0.6) is 11.5 Å². The molecule has 1 aromatic carbocycles. The van der Waals surface area contributed by atoms with Gasteiger partial charge in [0.1, 0.15) is 4.88 Å². The lowest BCUT2D eigenvalue weighted by atomic mass is 10.2. The molecule has 152 valence electrons. The summed E-state index contributed by atoms with van der Waals surface area (Å²) in [6.07, 6.45) is 1.97. The molecule has 2 N–H and O–H groups in total. The minimum absolute atomic E-state index is 0.241. The molecule has 0 aliphatic rings. The largest absolute Gasteiger partial charge is 0.493 e. The van der Waals surface area contributed by atoms with E-state index in [0.717, 1.165) is 17.8 Å². The first-order valence-electron chi connectivity index (χ1n) is 9.26. The predicted octanol–water partition coefficient (Wildman–Crippen LogP) is 3.84. The molecule has 0 radical (unpaired) electrons. The van der Waals surface area contributed by atoms with Gasteiger partial charge in [-0.2, -0.15) is 0 Å². The topological polar surface area (TPSA) is 89.6 Å². The number of hydrogen-bond donors (Lipinski definition) is 2. The second-order valence-corrected chi connectivity index (χ2v) is 7.63. The first-order valence-corrected chi connectivity index (χ1v) is 10.1. The van der Waals surface area contributed by atoms with Crippen molar-refractivity contribution in [3.8, 4) is 11.5 Å². The number of ether oxygens (including phenoxy) is 2. The first-order chi connectivity index (χ1) is 13.4. The number of methoxy groups -OCH3 is 1. The van der Waals surface area contributed by atoms with E-state index in [1.165, 1.54) is 18.4 Å². The molecule has 2 amide bonds. The molecule has 2 rings (SSSR count). The van der Waals surface area contributed by atoms with Gasteiger partial charge in [0.15, 0.2) is 11.5 Å². The van der Waals surface area contributed by atoms with Crippen LogP contribution in [0.25, 0.3) is 0 Å². The molecule has 28 heavy (non-hydrogen) atoms. The molecule has 0 saturated carbocycles. The molecule has 0 bridgehead atoms. The Morgan fingerprint density at radius 2 is 1.89 bits per heavy atom. The molecule has 7 nitrogen and oxygen atoms in total. The second kappa shape index (κ2) is 10.1. The third-order valence-corrected chi connectivity index (χ3v) is 5.44. The quantitative estimate of drug-likeness (QED) is 0.514. The summed E-state index contributed by atoms with van der Waals surface area (Å²) < 4.78 is 11.0. The number of benzene rings is 1. The number of nitrogens with zero attached hydrogens (tertiary/aromatic N) is 1. The van der Waals surface area contributed by atoms with Gasteiger partial charge >= 0.3 is 0 Å². The van der Waals surface area contributed by atoms with Crippen molar-refractivity contribution >= 4 is 23.2 Å². The molecular formula is C20H27N3O4S. The van der Waals surface area contributed by atoms with Crippen molar-refractivity contribution in [1.82, 2.24) is 15.8 Å². The molecule has 1 heterocycles. The van der Waals surface area contributed by atoms with Gasteiger partial charge < -0.3 is 9.47 Å². The Balaban J connectivity index is 2.01. The Morgan fingerprint density at radius 3 is 2.50 bits per heavy atom. The lowest BCUT2D eigenvalue weighted by Gasteiger charge is -2.12. The smallest absolute Gasteiger partial charge is 0.281 e. The van der Waals surface area contributed by atoms with Gasteiger partial charge in [-0.3, -0.25) is 20.4 Å². The maximum absolute atomic E-state index is 12.4. The van der Waals surface area contributed by atoms with Crippen LogP contribution < -0.4 is 20.3 Å². The number of carbonyl (C=O) groups is 2. The highest BCUT2D eigenvalue weighted by atomic mass is 32.1. The zero-order valence-corrected chi connectivity index (χ0v) is 17.7. The van der Waals surface area contributed by atoms with E-state index in [0.29, 0.717) is 34.2 Å². The number of rotatable bonds is 8. The molecular weight excluding hydrogens is 378 g/mol. The van der Waals surface area contributed by atoms with Crippen molar-refractivity contribution in [2.75, 3.05) is 13.7 Å². The lowest BCUT2D eigenvalue weighted by Crippen LogP contribution is -2.41. The normalized spacial score (nSPS) is 10.6. The first kappa shape index (κ1) is 21.7. The summed E-state index contributed by atoms with van der Waals surface area (Å²) in [4.78, 5) is 29.6. The van der Waals surface area contributed by atoms with Crippen LogP contribution in [-0.2, 0) is 0 Å². The minimum atomic E-state index is -0.446. The summed E-state index contributed by atoms with van der Waals surface area (Å²) in [5.41, 5.74) is 5.87. The number of amides is 2. The third-order valence-electron chi connectivity index (χ3n) is 3.98. The van der Waals surface area contributed by atoms with E-state index in [4.69, 9.17) is 9.47 Å². The number of hydrazine groups is 1. The number of nitrogens with one attached hydrogen (secondary N) is 2. The van der Waals surface area contributed by atoms with Crippen molar-refractivity contribution in [3.63, 3.8) is 0 Å². The fourth-order valence-electron chi connectivity index (χ4n) is 2.37. The van der Waals surface area contributed by atoms with Crippen molar-refractivity contribution in [3.05, 3.63) is 39.3 Å². The van der Waals surface area contributed by atoms with E-state index >= 15 is 0 Å². The molecule has 2 aromatic rings. The third kappa shape index (κ3) is 5.45. The van der Waals surface area contributed by atoms with Gasteiger partial charge in [-0.05, 0) is 31.5 Å². The lowest BCUT2D eigenvalue weighted by molar-refractivity contribution is 0.0848. The van der Waals surface area contributed by atoms with Crippen LogP contribution in [-0.4, -0.2) is 30.5 Å². The van der Waals surface area contributed by atoms with E-state index in [-0.39, 0.29) is 11.8 Å². The summed E-state index contributed by atoms with van der Waals surface area (Å²) in [7, 11) is 1.52. The number of aryl methyl sites for hydroxylation is 1. The Hall–Kier alpha value is -2.61. The molecule has 0 spiro atoms. The highest BCUT2D eigenvalue weighted by molar-refractivity contribution is 7.13. The van der Waals surface area contributed by atoms with E-state index in [2.05, 4.69) is 22.8 Å². The number of unbranched alkanes of at least 4 members (excludes halogenated alkanes) is 1. The molecule has 8 heteroatoms. The van der Waals surface area contributed by atoms with E-state index < -0.39 is 5.91 Å². The minimum Gasteiger partial charge on any atom is -0.493 e. The molecule has 0 saturated heterocycles. The van der Waals surface area contributed by atoms with Crippen LogP contribution in [0.1, 0.15) is 70.3 Å². The second-order valence-electron chi connectivity index (χ2n) is 6.60. The van der Waals surface area contributed by atoms with Crippen molar-refractivity contribution < 1.29 is 19.1 Å². The van der Waals surface area contributed by atoms with Gasteiger partial charge in [-0.1, -0.05) is 27.2 Å². The van der Waals surface area contributed by atoms with Gasteiger partial charge in [0.2, 0.25) is 0 Å². The Kier molecular flexibility index (Phi) is 7.80. The summed E-state index contributed by atoms with van der Waals surface area (Å²) in [6, 6.07) is 4.89. The number of carbonyl (C=O) groups excluding carboxylic acids is 2. The average molecular weight is 406 g/mol. The van der Waals surface area contributed by atoms with Gasteiger partial charge in [-0.15, -0.1) is 11.3 Å². The van der Waals surface area contributed by atoms with Crippen LogP contribution in [0.4, 0.5) is 0 Å². The van der Waals surface area contributed by atoms with Crippen molar-refractivity contribution in [2.24, 2.45) is 0 Å². The zero-order valence-electron chi connectivity index (χ0n) is 16.9. The molecule has 0 unspecified atom stereocenters. The Morgan fingerprint density at radius 1 is 1.18 bits per heavy atom. The molecule has 0 aliphatic carbocycles.